The van der Waals surface area contributed by atoms with Gasteiger partial charge in [-0.15, -0.1) is 11.3 Å². The molecule has 1 aliphatic rings. The quantitative estimate of drug-likeness (QED) is 0.898. The number of anilines is 1. The molecular weight excluding hydrogens is 308 g/mol. The number of carbonyl (C=O) groups excluding carboxylic acids is 1. The Labute approximate surface area is 139 Å². The van der Waals surface area contributed by atoms with Crippen LogP contribution in [0.4, 0.5) is 5.13 Å². The minimum absolute atomic E-state index is 0.395. The number of thiazole rings is 1. The molecule has 0 atom stereocenters. The Balaban J connectivity index is 1.61. The molecule has 0 radical (unpaired) electrons. The van der Waals surface area contributed by atoms with Crippen LogP contribution < -0.4 is 11.5 Å². The number of aromatic nitrogens is 1. The molecule has 1 amide bonds. The molecule has 0 saturated heterocycles. The highest BCUT2D eigenvalue weighted by molar-refractivity contribution is 7.15. The van der Waals surface area contributed by atoms with Gasteiger partial charge in [-0.2, -0.15) is 0 Å². The summed E-state index contributed by atoms with van der Waals surface area (Å²) >= 11 is 1.60. The molecule has 6 heteroatoms. The fourth-order valence-electron chi connectivity index (χ4n) is 2.81. The molecule has 3 rings (SSSR count). The number of fused-ring (bicyclic) bond motifs is 1. The number of nitrogens with two attached hydrogens (primary N) is 2. The van der Waals surface area contributed by atoms with Gasteiger partial charge < -0.3 is 11.5 Å². The number of hydrogen-bond acceptors (Lipinski definition) is 5. The van der Waals surface area contributed by atoms with E-state index < -0.39 is 5.91 Å². The molecule has 5 nitrogen and oxygen atoms in total. The van der Waals surface area contributed by atoms with Crippen molar-refractivity contribution in [3.05, 3.63) is 52.0 Å². The van der Waals surface area contributed by atoms with Crippen LogP contribution in [0.1, 0.15) is 26.5 Å². The highest BCUT2D eigenvalue weighted by atomic mass is 32.1. The lowest BCUT2D eigenvalue weighted by atomic mass is 10.1. The monoisotopic (exact) mass is 328 g/mol. The average molecular weight is 328 g/mol. The third kappa shape index (κ3) is 3.78. The molecule has 0 aliphatic carbocycles. The van der Waals surface area contributed by atoms with E-state index in [1.54, 1.807) is 17.4 Å². The van der Waals surface area contributed by atoms with Crippen LogP contribution in [0.2, 0.25) is 0 Å². The summed E-state index contributed by atoms with van der Waals surface area (Å²) < 4.78 is 0. The second-order valence-electron chi connectivity index (χ2n) is 5.58. The Morgan fingerprint density at radius 2 is 2.09 bits per heavy atom. The van der Waals surface area contributed by atoms with E-state index in [1.165, 1.54) is 4.88 Å². The van der Waals surface area contributed by atoms with Crippen LogP contribution in [-0.4, -0.2) is 35.4 Å². The van der Waals surface area contributed by atoms with E-state index in [1.807, 2.05) is 24.3 Å². The number of primary amides is 1. The topological polar surface area (TPSA) is 85.2 Å². The number of hydrogen-bond donors (Lipinski definition) is 2. The molecule has 120 valence electrons. The van der Waals surface area contributed by atoms with Gasteiger partial charge in [0.25, 0.3) is 0 Å². The zero-order valence-corrected chi connectivity index (χ0v) is 13.7. The van der Waals surface area contributed by atoms with Gasteiger partial charge in [0.1, 0.15) is 0 Å². The maximum absolute atomic E-state index is 11.4. The van der Waals surface area contributed by atoms with Gasteiger partial charge in [-0.05, 0) is 18.1 Å². The molecule has 0 spiro atoms. The van der Waals surface area contributed by atoms with Crippen LogP contribution in [0.15, 0.2) is 30.3 Å². The number of nitrogens with zero attached hydrogens (tertiary/aromatic N) is 2. The van der Waals surface area contributed by atoms with Crippen LogP contribution in [0.5, 0.6) is 0 Å². The van der Waals surface area contributed by atoms with Crippen molar-refractivity contribution in [1.82, 2.24) is 9.88 Å². The van der Waals surface area contributed by atoms with Gasteiger partial charge in [0.05, 0.1) is 5.69 Å². The molecular formula is C17H20N4OS. The Morgan fingerprint density at radius 1 is 1.30 bits per heavy atom. The summed E-state index contributed by atoms with van der Waals surface area (Å²) in [6, 6.07) is 7.39. The predicted molar refractivity (Wildman–Crippen MR) is 94.4 cm³/mol. The Hall–Kier alpha value is -2.18. The molecule has 1 aromatic heterocycles. The van der Waals surface area contributed by atoms with Gasteiger partial charge in [-0.25, -0.2) is 4.98 Å². The van der Waals surface area contributed by atoms with Crippen molar-refractivity contribution in [2.24, 2.45) is 5.73 Å². The van der Waals surface area contributed by atoms with Crippen molar-refractivity contribution >= 4 is 28.5 Å². The zero-order valence-electron chi connectivity index (χ0n) is 12.9. The van der Waals surface area contributed by atoms with Gasteiger partial charge in [0, 0.05) is 36.5 Å². The van der Waals surface area contributed by atoms with Crippen molar-refractivity contribution in [3.63, 3.8) is 0 Å². The second-order valence-corrected chi connectivity index (χ2v) is 6.69. The largest absolute Gasteiger partial charge is 0.375 e. The molecule has 1 aliphatic heterocycles. The summed E-state index contributed by atoms with van der Waals surface area (Å²) in [7, 11) is 0. The Kier molecular flexibility index (Phi) is 4.73. The molecule has 0 bridgehead atoms. The molecule has 4 N–H and O–H groups in total. The van der Waals surface area contributed by atoms with Crippen LogP contribution in [-0.2, 0) is 12.8 Å². The number of rotatable bonds is 4. The van der Waals surface area contributed by atoms with Gasteiger partial charge in [0.2, 0.25) is 5.91 Å². The summed E-state index contributed by atoms with van der Waals surface area (Å²) in [5, 5.41) is 0.673. The lowest BCUT2D eigenvalue weighted by molar-refractivity contribution is 0.1000. The molecule has 23 heavy (non-hydrogen) atoms. The smallest absolute Gasteiger partial charge is 0.249 e. The highest BCUT2D eigenvalue weighted by Crippen LogP contribution is 2.24. The maximum Gasteiger partial charge on any atom is 0.249 e. The lowest BCUT2D eigenvalue weighted by Crippen LogP contribution is -2.26. The van der Waals surface area contributed by atoms with Gasteiger partial charge >= 0.3 is 0 Å². The Bertz CT molecular complexity index is 712. The summed E-state index contributed by atoms with van der Waals surface area (Å²) in [6.07, 6.45) is 5.99. The van der Waals surface area contributed by atoms with Crippen molar-refractivity contribution in [2.75, 3.05) is 25.4 Å². The maximum atomic E-state index is 11.4. The number of amides is 1. The fraction of sp³-hybridized carbons (Fsp3) is 0.294. The van der Waals surface area contributed by atoms with Crippen LogP contribution in [0.3, 0.4) is 0 Å². The van der Waals surface area contributed by atoms with E-state index in [0.29, 0.717) is 10.7 Å². The first-order valence-electron chi connectivity index (χ1n) is 7.65. The van der Waals surface area contributed by atoms with Crippen LogP contribution in [0.25, 0.3) is 6.08 Å². The normalized spacial score (nSPS) is 15.5. The third-order valence-electron chi connectivity index (χ3n) is 4.00. The van der Waals surface area contributed by atoms with Gasteiger partial charge in [-0.1, -0.05) is 30.4 Å². The summed E-state index contributed by atoms with van der Waals surface area (Å²) in [5.41, 5.74) is 13.7. The highest BCUT2D eigenvalue weighted by Gasteiger charge is 2.16. The van der Waals surface area contributed by atoms with E-state index in [0.717, 1.165) is 43.7 Å². The first kappa shape index (κ1) is 15.7. The van der Waals surface area contributed by atoms with E-state index in [-0.39, 0.29) is 0 Å². The van der Waals surface area contributed by atoms with E-state index in [9.17, 15) is 4.79 Å². The number of nitrogen functional groups attached to an aromatic ring is 1. The number of carbonyl (C=O) groups is 1. The molecule has 0 fully saturated rings. The summed E-state index contributed by atoms with van der Waals surface area (Å²) in [5.74, 6) is -0.395. The molecule has 1 aromatic carbocycles. The zero-order chi connectivity index (χ0) is 16.2. The molecule has 2 aromatic rings. The average Bonchev–Trinajstić information content (AvgIpc) is 2.79. The first-order chi connectivity index (χ1) is 11.1. The van der Waals surface area contributed by atoms with E-state index >= 15 is 0 Å². The predicted octanol–water partition coefficient (Wildman–Crippen LogP) is 1.94. The molecule has 0 unspecified atom stereocenters. The van der Waals surface area contributed by atoms with Crippen LogP contribution in [0, 0.1) is 0 Å². The minimum Gasteiger partial charge on any atom is -0.375 e. The van der Waals surface area contributed by atoms with Crippen molar-refractivity contribution < 1.29 is 4.79 Å². The molecule has 0 saturated carbocycles. The molecule has 2 heterocycles. The first-order valence-corrected chi connectivity index (χ1v) is 8.47. The third-order valence-corrected chi connectivity index (χ3v) is 4.99. The van der Waals surface area contributed by atoms with Crippen molar-refractivity contribution in [1.29, 1.82) is 0 Å². The van der Waals surface area contributed by atoms with Gasteiger partial charge in [-0.3, -0.25) is 9.69 Å². The van der Waals surface area contributed by atoms with Crippen molar-refractivity contribution in [2.45, 2.75) is 12.8 Å². The SMILES string of the molecule is NC(=O)c1ccccc1C=CCN1CCc2nc(N)sc2CC1. The van der Waals surface area contributed by atoms with E-state index in [2.05, 4.69) is 16.0 Å². The Morgan fingerprint density at radius 3 is 2.91 bits per heavy atom. The summed E-state index contributed by atoms with van der Waals surface area (Å²) in [4.78, 5) is 19.5. The summed E-state index contributed by atoms with van der Waals surface area (Å²) in [6.45, 7) is 2.81. The second kappa shape index (κ2) is 6.93. The standard InChI is InChI=1S/C17H20N4OS/c18-16(22)13-6-2-1-4-12(13)5-3-9-21-10-7-14-15(8-11-21)23-17(19)20-14/h1-6H,7-11H2,(H2,18,22)(H2,19,20). The number of benzene rings is 1. The van der Waals surface area contributed by atoms with E-state index in [4.69, 9.17) is 11.5 Å². The fourth-order valence-corrected chi connectivity index (χ4v) is 3.67. The van der Waals surface area contributed by atoms with Gasteiger partial charge in [0.15, 0.2) is 5.13 Å². The van der Waals surface area contributed by atoms with Crippen LogP contribution >= 0.6 is 11.3 Å². The minimum atomic E-state index is -0.395. The van der Waals surface area contributed by atoms with Crippen molar-refractivity contribution in [3.8, 4) is 0 Å². The lowest BCUT2D eigenvalue weighted by Gasteiger charge is -2.17.